The highest BCUT2D eigenvalue weighted by atomic mass is 35.5. The first-order valence-corrected chi connectivity index (χ1v) is 11.8. The zero-order valence-corrected chi connectivity index (χ0v) is 21.1. The fraction of sp³-hybridized carbons (Fsp3) is 0.143. The summed E-state index contributed by atoms with van der Waals surface area (Å²) in [5.74, 6) is -1.91. The summed E-state index contributed by atoms with van der Waals surface area (Å²) in [5.41, 5.74) is 3.00. The highest BCUT2D eigenvalue weighted by Crippen LogP contribution is 2.30. The van der Waals surface area contributed by atoms with Gasteiger partial charge in [-0.05, 0) is 86.5 Å². The van der Waals surface area contributed by atoms with Crippen molar-refractivity contribution in [2.45, 2.75) is 20.8 Å². The van der Waals surface area contributed by atoms with Crippen molar-refractivity contribution in [2.24, 2.45) is 0 Å². The summed E-state index contributed by atoms with van der Waals surface area (Å²) in [5, 5.41) is 2.58. The normalized spacial score (nSPS) is 13.1. The maximum absolute atomic E-state index is 13.0. The number of nitrogens with one attached hydrogen (secondary N) is 1. The van der Waals surface area contributed by atoms with Crippen molar-refractivity contribution < 1.29 is 28.7 Å². The molecule has 2 amide bonds. The molecule has 0 unspecified atom stereocenters. The Kier molecular flexibility index (Phi) is 7.40. The van der Waals surface area contributed by atoms with Crippen molar-refractivity contribution >= 4 is 46.7 Å². The molecule has 0 radical (unpaired) electrons. The quantitative estimate of drug-likeness (QED) is 0.262. The molecule has 4 rings (SSSR count). The maximum atomic E-state index is 13.0. The summed E-state index contributed by atoms with van der Waals surface area (Å²) in [6, 6.07) is 17.7. The van der Waals surface area contributed by atoms with Crippen molar-refractivity contribution in [3.63, 3.8) is 0 Å². The number of ether oxygens (including phenoxy) is 2. The standard InChI is InChI=1S/C28H23ClN2O6/c1-4-36-27(34)18-9-13-21(14-10-18)31-25(32)23(29)24(26(31)33)30-20-11-7-19(8-12-20)28(35)37-22-15-16(2)5-6-17(22)3/h5-15,30H,4H2,1-3H3. The molecule has 0 spiro atoms. The first kappa shape index (κ1) is 25.7. The fourth-order valence-electron chi connectivity index (χ4n) is 3.62. The van der Waals surface area contributed by atoms with E-state index in [4.69, 9.17) is 21.1 Å². The average Bonchev–Trinajstić information content (AvgIpc) is 3.09. The van der Waals surface area contributed by atoms with E-state index >= 15 is 0 Å². The lowest BCUT2D eigenvalue weighted by molar-refractivity contribution is -0.120. The monoisotopic (exact) mass is 518 g/mol. The number of rotatable bonds is 7. The van der Waals surface area contributed by atoms with Gasteiger partial charge in [0.15, 0.2) is 0 Å². The van der Waals surface area contributed by atoms with Gasteiger partial charge in [-0.15, -0.1) is 0 Å². The molecule has 3 aromatic rings. The van der Waals surface area contributed by atoms with Crippen LogP contribution in [0.5, 0.6) is 5.75 Å². The minimum atomic E-state index is -0.702. The van der Waals surface area contributed by atoms with Gasteiger partial charge < -0.3 is 14.8 Å². The van der Waals surface area contributed by atoms with Crippen molar-refractivity contribution in [3.8, 4) is 5.75 Å². The molecule has 1 aliphatic rings. The molecular weight excluding hydrogens is 496 g/mol. The third kappa shape index (κ3) is 5.39. The molecule has 1 N–H and O–H groups in total. The minimum absolute atomic E-state index is 0.105. The number of hydrogen-bond acceptors (Lipinski definition) is 7. The van der Waals surface area contributed by atoms with Gasteiger partial charge in [-0.1, -0.05) is 23.7 Å². The van der Waals surface area contributed by atoms with Crippen molar-refractivity contribution in [1.29, 1.82) is 0 Å². The van der Waals surface area contributed by atoms with Gasteiger partial charge in [-0.3, -0.25) is 9.59 Å². The lowest BCUT2D eigenvalue weighted by Crippen LogP contribution is -2.32. The number of imide groups is 1. The first-order valence-electron chi connectivity index (χ1n) is 11.4. The number of aryl methyl sites for hydroxylation is 2. The Morgan fingerprint density at radius 1 is 0.865 bits per heavy atom. The molecule has 1 aliphatic heterocycles. The Morgan fingerprint density at radius 3 is 2.14 bits per heavy atom. The highest BCUT2D eigenvalue weighted by Gasteiger charge is 2.39. The molecule has 8 nitrogen and oxygen atoms in total. The van der Waals surface area contributed by atoms with Gasteiger partial charge in [0.2, 0.25) is 0 Å². The van der Waals surface area contributed by atoms with Crippen LogP contribution in [-0.2, 0) is 14.3 Å². The number of carbonyl (C=O) groups is 4. The minimum Gasteiger partial charge on any atom is -0.462 e. The van der Waals surface area contributed by atoms with Gasteiger partial charge in [0, 0.05) is 5.69 Å². The van der Waals surface area contributed by atoms with E-state index in [1.807, 2.05) is 26.0 Å². The zero-order chi connectivity index (χ0) is 26.7. The molecule has 0 saturated carbocycles. The number of anilines is 2. The molecule has 1 heterocycles. The van der Waals surface area contributed by atoms with Crippen LogP contribution in [0.25, 0.3) is 0 Å². The molecule has 9 heteroatoms. The third-order valence-electron chi connectivity index (χ3n) is 5.60. The van der Waals surface area contributed by atoms with E-state index < -0.39 is 23.8 Å². The van der Waals surface area contributed by atoms with Crippen molar-refractivity contribution in [2.75, 3.05) is 16.8 Å². The second kappa shape index (κ2) is 10.7. The molecular formula is C28H23ClN2O6. The molecule has 37 heavy (non-hydrogen) atoms. The van der Waals surface area contributed by atoms with Crippen LogP contribution in [0, 0.1) is 13.8 Å². The van der Waals surface area contributed by atoms with E-state index in [-0.39, 0.29) is 23.0 Å². The van der Waals surface area contributed by atoms with E-state index in [2.05, 4.69) is 5.32 Å². The highest BCUT2D eigenvalue weighted by molar-refractivity contribution is 6.53. The van der Waals surface area contributed by atoms with Crippen LogP contribution in [0.4, 0.5) is 11.4 Å². The van der Waals surface area contributed by atoms with E-state index in [1.165, 1.54) is 36.4 Å². The molecule has 0 atom stereocenters. The fourth-order valence-corrected chi connectivity index (χ4v) is 3.83. The molecule has 0 bridgehead atoms. The number of amides is 2. The summed E-state index contributed by atoms with van der Waals surface area (Å²) in [7, 11) is 0. The zero-order valence-electron chi connectivity index (χ0n) is 20.3. The van der Waals surface area contributed by atoms with Crippen LogP contribution in [0.15, 0.2) is 77.5 Å². The van der Waals surface area contributed by atoms with Gasteiger partial charge in [0.1, 0.15) is 16.5 Å². The molecule has 188 valence electrons. The third-order valence-corrected chi connectivity index (χ3v) is 5.95. The second-order valence-corrected chi connectivity index (χ2v) is 8.64. The number of nitrogens with zero attached hydrogens (tertiary/aromatic N) is 1. The first-order chi connectivity index (χ1) is 17.7. The SMILES string of the molecule is CCOC(=O)c1ccc(N2C(=O)C(Cl)=C(Nc3ccc(C(=O)Oc4cc(C)ccc4C)cc3)C2=O)cc1. The van der Waals surface area contributed by atoms with Crippen LogP contribution >= 0.6 is 11.6 Å². The maximum Gasteiger partial charge on any atom is 0.343 e. The van der Waals surface area contributed by atoms with Gasteiger partial charge in [-0.2, -0.15) is 0 Å². The van der Waals surface area contributed by atoms with Crippen molar-refractivity contribution in [1.82, 2.24) is 0 Å². The van der Waals surface area contributed by atoms with Gasteiger partial charge >= 0.3 is 11.9 Å². The van der Waals surface area contributed by atoms with Gasteiger partial charge in [0.05, 0.1) is 23.4 Å². The van der Waals surface area contributed by atoms with Crippen LogP contribution in [0.3, 0.4) is 0 Å². The summed E-state index contributed by atoms with van der Waals surface area (Å²) < 4.78 is 10.5. The average molecular weight is 519 g/mol. The topological polar surface area (TPSA) is 102 Å². The van der Waals surface area contributed by atoms with Crippen LogP contribution in [0.2, 0.25) is 0 Å². The summed E-state index contributed by atoms with van der Waals surface area (Å²) in [6.45, 7) is 5.69. The van der Waals surface area contributed by atoms with E-state index in [9.17, 15) is 19.2 Å². The Bertz CT molecular complexity index is 1430. The van der Waals surface area contributed by atoms with Crippen LogP contribution in [-0.4, -0.2) is 30.4 Å². The summed E-state index contributed by atoms with van der Waals surface area (Å²) >= 11 is 6.20. The number of hydrogen-bond donors (Lipinski definition) is 1. The van der Waals surface area contributed by atoms with Gasteiger partial charge in [0.25, 0.3) is 11.8 Å². The van der Waals surface area contributed by atoms with E-state index in [1.54, 1.807) is 25.1 Å². The molecule has 0 fully saturated rings. The van der Waals surface area contributed by atoms with E-state index in [0.717, 1.165) is 16.0 Å². The molecule has 0 aliphatic carbocycles. The smallest absolute Gasteiger partial charge is 0.343 e. The molecule has 0 saturated heterocycles. The number of esters is 2. The van der Waals surface area contributed by atoms with E-state index in [0.29, 0.717) is 22.6 Å². The number of carbonyl (C=O) groups excluding carboxylic acids is 4. The lowest BCUT2D eigenvalue weighted by atomic mass is 10.1. The predicted molar refractivity (Wildman–Crippen MR) is 139 cm³/mol. The van der Waals surface area contributed by atoms with Gasteiger partial charge in [-0.25, -0.2) is 14.5 Å². The van der Waals surface area contributed by atoms with Crippen LogP contribution in [0.1, 0.15) is 38.8 Å². The number of halogens is 1. The summed E-state index contributed by atoms with van der Waals surface area (Å²) in [6.07, 6.45) is 0. The number of benzene rings is 3. The Morgan fingerprint density at radius 2 is 1.49 bits per heavy atom. The second-order valence-electron chi connectivity index (χ2n) is 8.26. The van der Waals surface area contributed by atoms with Crippen LogP contribution < -0.4 is 15.0 Å². The Balaban J connectivity index is 1.46. The molecule has 0 aromatic heterocycles. The lowest BCUT2D eigenvalue weighted by Gasteiger charge is -2.15. The van der Waals surface area contributed by atoms with Crippen molar-refractivity contribution in [3.05, 3.63) is 99.7 Å². The Labute approximate surface area is 218 Å². The predicted octanol–water partition coefficient (Wildman–Crippen LogP) is 5.14. The molecule has 3 aromatic carbocycles. The Hall–Kier alpha value is -4.43. The largest absolute Gasteiger partial charge is 0.462 e. The summed E-state index contributed by atoms with van der Waals surface area (Å²) in [4.78, 5) is 51.1.